The van der Waals surface area contributed by atoms with Gasteiger partial charge in [0.15, 0.2) is 11.4 Å². The number of hydrogen-bond donors (Lipinski definition) is 2. The molecule has 232 valence electrons. The SMILES string of the molecule is CC(=O)O[C@@H]([C@@H](C)[C@@H]1[C@H]2[C@]1(C)CC[C@@]13O[C@@]2(O)C(=O)[C@@H]1CCC1C(C)(C)O[C@@H]2CC(=O)O[C@]12[C@H]3O)[C@@H]1CC(C)C(=O)O1. The fraction of sp³-hybridized carbons (Fsp3) is 0.871. The molecule has 7 rings (SSSR count). The first kappa shape index (κ1) is 28.7. The summed E-state index contributed by atoms with van der Waals surface area (Å²) in [5, 5.41) is 24.5. The lowest BCUT2D eigenvalue weighted by Gasteiger charge is -2.45. The Morgan fingerprint density at radius 2 is 1.83 bits per heavy atom. The number of rotatable bonds is 4. The maximum absolute atomic E-state index is 14.3. The van der Waals surface area contributed by atoms with Crippen molar-refractivity contribution in [1.29, 1.82) is 0 Å². The average molecular weight is 591 g/mol. The van der Waals surface area contributed by atoms with Gasteiger partial charge in [0, 0.05) is 31.1 Å². The molecule has 5 heterocycles. The van der Waals surface area contributed by atoms with Crippen LogP contribution in [0.15, 0.2) is 0 Å². The Kier molecular flexibility index (Phi) is 5.84. The number of ether oxygens (including phenoxy) is 5. The molecular weight excluding hydrogens is 548 g/mol. The van der Waals surface area contributed by atoms with Crippen molar-refractivity contribution in [3.63, 3.8) is 0 Å². The Hall–Kier alpha value is -2.08. The number of cyclic esters (lactones) is 1. The van der Waals surface area contributed by atoms with Crippen molar-refractivity contribution in [2.45, 2.75) is 127 Å². The minimum atomic E-state index is -2.17. The topological polar surface area (TPSA) is 155 Å². The highest BCUT2D eigenvalue weighted by Gasteiger charge is 2.85. The van der Waals surface area contributed by atoms with Crippen LogP contribution in [0.5, 0.6) is 0 Å². The zero-order valence-corrected chi connectivity index (χ0v) is 25.1. The second-order valence-electron chi connectivity index (χ2n) is 15.0. The molecule has 0 radical (unpaired) electrons. The average Bonchev–Trinajstić information content (AvgIpc) is 2.99. The molecule has 2 N–H and O–H groups in total. The van der Waals surface area contributed by atoms with Crippen LogP contribution in [0.25, 0.3) is 0 Å². The maximum atomic E-state index is 14.3. The molecule has 2 saturated carbocycles. The number of aliphatic hydroxyl groups excluding tert-OH is 1. The number of hydrogen-bond acceptors (Lipinski definition) is 11. The van der Waals surface area contributed by atoms with Gasteiger partial charge in [-0.25, -0.2) is 0 Å². The molecule has 5 saturated heterocycles. The number of ketones is 1. The van der Waals surface area contributed by atoms with Gasteiger partial charge < -0.3 is 33.9 Å². The molecule has 5 aliphatic heterocycles. The van der Waals surface area contributed by atoms with E-state index in [9.17, 15) is 29.4 Å². The van der Waals surface area contributed by atoms with Crippen molar-refractivity contribution in [3.8, 4) is 0 Å². The highest BCUT2D eigenvalue weighted by molar-refractivity contribution is 5.92. The van der Waals surface area contributed by atoms with Crippen molar-refractivity contribution in [2.24, 2.45) is 40.9 Å². The van der Waals surface area contributed by atoms with Gasteiger partial charge in [-0.1, -0.05) is 20.8 Å². The van der Waals surface area contributed by atoms with E-state index in [-0.39, 0.29) is 42.5 Å². The van der Waals surface area contributed by atoms with Crippen LogP contribution in [0, 0.1) is 40.9 Å². The lowest BCUT2D eigenvalue weighted by molar-refractivity contribution is -0.276. The van der Waals surface area contributed by atoms with Gasteiger partial charge >= 0.3 is 17.9 Å². The monoisotopic (exact) mass is 590 g/mol. The number of carbonyl (C=O) groups is 4. The summed E-state index contributed by atoms with van der Waals surface area (Å²) in [5.41, 5.74) is -4.08. The smallest absolute Gasteiger partial charge is 0.309 e. The summed E-state index contributed by atoms with van der Waals surface area (Å²) in [6, 6.07) is 0. The molecule has 0 aromatic rings. The first-order valence-corrected chi connectivity index (χ1v) is 15.4. The molecule has 11 nitrogen and oxygen atoms in total. The molecule has 42 heavy (non-hydrogen) atoms. The number of aliphatic hydroxyl groups is 2. The third-order valence-corrected chi connectivity index (χ3v) is 12.4. The highest BCUT2D eigenvalue weighted by atomic mass is 16.7. The summed E-state index contributed by atoms with van der Waals surface area (Å²) in [6.45, 7) is 10.8. The minimum absolute atomic E-state index is 0.0117. The number of Topliss-reactive ketones (excluding diaryl/α,β-unsaturated/α-hetero) is 1. The normalized spacial score (nSPS) is 53.0. The van der Waals surface area contributed by atoms with Crippen molar-refractivity contribution >= 4 is 23.7 Å². The lowest BCUT2D eigenvalue weighted by atomic mass is 9.67. The third kappa shape index (κ3) is 3.37. The Balaban J connectivity index is 1.24. The summed E-state index contributed by atoms with van der Waals surface area (Å²) in [6.07, 6.45) is -1.37. The molecule has 2 unspecified atom stereocenters. The molecule has 0 amide bonds. The van der Waals surface area contributed by atoms with E-state index >= 15 is 0 Å². The second-order valence-corrected chi connectivity index (χ2v) is 15.0. The van der Waals surface area contributed by atoms with Crippen LogP contribution in [0.2, 0.25) is 0 Å². The Morgan fingerprint density at radius 1 is 1.12 bits per heavy atom. The summed E-state index contributed by atoms with van der Waals surface area (Å²) < 4.78 is 30.2. The quantitative estimate of drug-likeness (QED) is 0.364. The van der Waals surface area contributed by atoms with Crippen molar-refractivity contribution in [3.05, 3.63) is 0 Å². The van der Waals surface area contributed by atoms with E-state index in [1.165, 1.54) is 6.92 Å². The van der Waals surface area contributed by atoms with E-state index in [0.717, 1.165) is 0 Å². The molecule has 11 heteroatoms. The van der Waals surface area contributed by atoms with Gasteiger partial charge in [-0.15, -0.1) is 0 Å². The van der Waals surface area contributed by atoms with Gasteiger partial charge in [-0.05, 0) is 50.9 Å². The Labute approximate surface area is 244 Å². The predicted octanol–water partition coefficient (Wildman–Crippen LogP) is 1.83. The van der Waals surface area contributed by atoms with Gasteiger partial charge in [0.05, 0.1) is 23.9 Å². The maximum Gasteiger partial charge on any atom is 0.309 e. The summed E-state index contributed by atoms with van der Waals surface area (Å²) >= 11 is 0. The molecule has 2 spiro atoms. The number of carbonyl (C=O) groups excluding carboxylic acids is 4. The summed E-state index contributed by atoms with van der Waals surface area (Å²) in [4.78, 5) is 51.3. The molecule has 14 atom stereocenters. The van der Waals surface area contributed by atoms with E-state index in [1.54, 1.807) is 6.92 Å². The van der Waals surface area contributed by atoms with Crippen molar-refractivity contribution in [1.82, 2.24) is 0 Å². The van der Waals surface area contributed by atoms with Crippen LogP contribution < -0.4 is 0 Å². The molecule has 0 aromatic carbocycles. The molecule has 7 fully saturated rings. The van der Waals surface area contributed by atoms with Crippen LogP contribution in [-0.2, 0) is 42.9 Å². The van der Waals surface area contributed by atoms with E-state index in [4.69, 9.17) is 23.7 Å². The van der Waals surface area contributed by atoms with Gasteiger partial charge in [0.2, 0.25) is 5.79 Å². The number of esters is 3. The fourth-order valence-corrected chi connectivity index (χ4v) is 10.7. The second kappa shape index (κ2) is 8.55. The van der Waals surface area contributed by atoms with Gasteiger partial charge in [-0.2, -0.15) is 0 Å². The van der Waals surface area contributed by atoms with Crippen molar-refractivity contribution in [2.75, 3.05) is 0 Å². The Bertz CT molecular complexity index is 1260. The van der Waals surface area contributed by atoms with E-state index in [2.05, 4.69) is 0 Å². The molecular formula is C31H42O11. The van der Waals surface area contributed by atoms with Crippen LogP contribution in [0.1, 0.15) is 80.1 Å². The van der Waals surface area contributed by atoms with Gasteiger partial charge in [0.1, 0.15) is 30.0 Å². The van der Waals surface area contributed by atoms with Crippen molar-refractivity contribution < 1.29 is 53.1 Å². The van der Waals surface area contributed by atoms with Gasteiger partial charge in [0.25, 0.3) is 0 Å². The molecule has 7 aliphatic rings. The zero-order chi connectivity index (χ0) is 30.4. The predicted molar refractivity (Wildman–Crippen MR) is 141 cm³/mol. The number of fused-ring (bicyclic) bond motifs is 3. The summed E-state index contributed by atoms with van der Waals surface area (Å²) in [7, 11) is 0. The van der Waals surface area contributed by atoms with E-state index in [0.29, 0.717) is 25.7 Å². The third-order valence-electron chi connectivity index (χ3n) is 12.4. The largest absolute Gasteiger partial charge is 0.458 e. The first-order valence-electron chi connectivity index (χ1n) is 15.4. The van der Waals surface area contributed by atoms with E-state index < -0.39 is 82.0 Å². The minimum Gasteiger partial charge on any atom is -0.458 e. The molecule has 2 aliphatic carbocycles. The standard InChI is InChI=1S/C31H42O11/c1-13-11-17(39-25(13)35)22(38-15(3)32)14(2)21-23-28(21,6)9-10-29-16(24(34)31(23,37)42-29)7-8-18-27(4,5)40-19-12-20(33)41-30(18,19)26(29)36/h13-14,16-19,21-23,26,36-37H,7-12H2,1-6H3/t13?,14-,16-,17-,18?,19+,21+,22-,23-,26-,28+,29+,30+,31+/m0/s1. The van der Waals surface area contributed by atoms with Gasteiger partial charge in [-0.3, -0.25) is 19.2 Å². The Morgan fingerprint density at radius 3 is 2.48 bits per heavy atom. The van der Waals surface area contributed by atoms with Crippen LogP contribution in [0.3, 0.4) is 0 Å². The van der Waals surface area contributed by atoms with Crippen LogP contribution in [0.4, 0.5) is 0 Å². The van der Waals surface area contributed by atoms with E-state index in [1.807, 2.05) is 27.7 Å². The van der Waals surface area contributed by atoms with Crippen LogP contribution >= 0.6 is 0 Å². The van der Waals surface area contributed by atoms with Crippen LogP contribution in [-0.4, -0.2) is 80.9 Å². The highest BCUT2D eigenvalue weighted by Crippen LogP contribution is 2.76. The molecule has 0 aromatic heterocycles. The molecule has 2 bridgehead atoms. The summed E-state index contributed by atoms with van der Waals surface area (Å²) in [5.74, 6) is -6.62. The fourth-order valence-electron chi connectivity index (χ4n) is 10.7. The first-order chi connectivity index (χ1) is 19.5. The lowest BCUT2D eigenvalue weighted by Crippen LogP contribution is -2.63. The zero-order valence-electron chi connectivity index (χ0n) is 25.1.